The Morgan fingerprint density at radius 1 is 1.23 bits per heavy atom. The van der Waals surface area contributed by atoms with Crippen LogP contribution >= 0.6 is 11.6 Å². The maximum atomic E-state index is 14.0. The minimum atomic E-state index is -0.854. The number of nitrogens with one attached hydrogen (secondary N) is 1. The zero-order valence-electron chi connectivity index (χ0n) is 18.4. The molecule has 0 bridgehead atoms. The molecule has 0 radical (unpaired) electrons. The molecule has 2 heterocycles. The molecule has 0 aliphatic carbocycles. The maximum Gasteiger partial charge on any atom is 0.410 e. The van der Waals surface area contributed by atoms with Gasteiger partial charge in [-0.1, -0.05) is 11.6 Å². The first-order valence-corrected chi connectivity index (χ1v) is 11.0. The molecule has 2 aliphatic rings. The SMILES string of the molecule is CN1CCCC(CNC(=O)c2c(F)ccc(F)c2Cl)C1C1CN(C(=O)OC(C)(C)C)C1. The fourth-order valence-electron chi connectivity index (χ4n) is 4.50. The minimum Gasteiger partial charge on any atom is -0.444 e. The molecular weight excluding hydrogens is 428 g/mol. The maximum absolute atomic E-state index is 14.0. The molecule has 0 spiro atoms. The molecular formula is C22H30ClF2N3O3. The molecule has 2 unspecified atom stereocenters. The first kappa shape index (κ1) is 23.7. The second-order valence-electron chi connectivity index (χ2n) is 9.45. The molecule has 2 atom stereocenters. The normalized spacial score (nSPS) is 22.7. The highest BCUT2D eigenvalue weighted by Crippen LogP contribution is 2.33. The van der Waals surface area contributed by atoms with E-state index in [0.717, 1.165) is 31.5 Å². The summed E-state index contributed by atoms with van der Waals surface area (Å²) in [4.78, 5) is 28.7. The van der Waals surface area contributed by atoms with Gasteiger partial charge in [-0.3, -0.25) is 4.79 Å². The first-order chi connectivity index (χ1) is 14.5. The van der Waals surface area contributed by atoms with E-state index < -0.39 is 33.7 Å². The molecule has 6 nitrogen and oxygen atoms in total. The Labute approximate surface area is 186 Å². The van der Waals surface area contributed by atoms with Gasteiger partial charge in [0.15, 0.2) is 0 Å². The van der Waals surface area contributed by atoms with Gasteiger partial charge in [0.1, 0.15) is 17.2 Å². The van der Waals surface area contributed by atoms with Crippen molar-refractivity contribution in [1.29, 1.82) is 0 Å². The average Bonchev–Trinajstić information content (AvgIpc) is 2.62. The average molecular weight is 458 g/mol. The van der Waals surface area contributed by atoms with Crippen molar-refractivity contribution in [1.82, 2.24) is 15.1 Å². The number of carbonyl (C=O) groups is 2. The van der Waals surface area contributed by atoms with Gasteiger partial charge in [-0.15, -0.1) is 0 Å². The van der Waals surface area contributed by atoms with Crippen molar-refractivity contribution in [2.24, 2.45) is 11.8 Å². The number of piperidine rings is 1. The molecule has 172 valence electrons. The first-order valence-electron chi connectivity index (χ1n) is 10.6. The Kier molecular flexibility index (Phi) is 7.11. The number of halogens is 3. The fourth-order valence-corrected chi connectivity index (χ4v) is 4.74. The van der Waals surface area contributed by atoms with Gasteiger partial charge in [0, 0.05) is 31.6 Å². The summed E-state index contributed by atoms with van der Waals surface area (Å²) >= 11 is 5.81. The van der Waals surface area contributed by atoms with E-state index >= 15 is 0 Å². The van der Waals surface area contributed by atoms with E-state index in [2.05, 4.69) is 10.2 Å². The molecule has 2 aliphatic heterocycles. The Bertz CT molecular complexity index is 840. The number of hydrogen-bond acceptors (Lipinski definition) is 4. The Hall–Kier alpha value is -1.93. The van der Waals surface area contributed by atoms with E-state index in [0.29, 0.717) is 19.6 Å². The number of likely N-dealkylation sites (tertiary alicyclic amines) is 2. The van der Waals surface area contributed by atoms with Crippen LogP contribution in [0.5, 0.6) is 0 Å². The number of nitrogens with zero attached hydrogens (tertiary/aromatic N) is 2. The lowest BCUT2D eigenvalue weighted by atomic mass is 9.78. The van der Waals surface area contributed by atoms with E-state index in [-0.39, 0.29) is 24.0 Å². The standard InChI is InChI=1S/C22H30ClF2N3O3/c1-22(2,3)31-21(30)28-11-14(12-28)19-13(6-5-9-27(19)4)10-26-20(29)17-15(24)7-8-16(25)18(17)23/h7-8,13-14,19H,5-6,9-12H2,1-4H3,(H,26,29). The lowest BCUT2D eigenvalue weighted by molar-refractivity contribution is -0.0345. The number of hydrogen-bond donors (Lipinski definition) is 1. The van der Waals surface area contributed by atoms with Crippen LogP contribution in [0.15, 0.2) is 12.1 Å². The van der Waals surface area contributed by atoms with E-state index in [4.69, 9.17) is 16.3 Å². The zero-order valence-corrected chi connectivity index (χ0v) is 19.1. The van der Waals surface area contributed by atoms with Crippen molar-refractivity contribution in [3.8, 4) is 0 Å². The van der Waals surface area contributed by atoms with Crippen molar-refractivity contribution >= 4 is 23.6 Å². The molecule has 31 heavy (non-hydrogen) atoms. The van der Waals surface area contributed by atoms with E-state index in [1.54, 1.807) is 4.90 Å². The zero-order chi connectivity index (χ0) is 22.9. The minimum absolute atomic E-state index is 0.129. The van der Waals surface area contributed by atoms with E-state index in [9.17, 15) is 18.4 Å². The van der Waals surface area contributed by atoms with Crippen LogP contribution in [0.3, 0.4) is 0 Å². The summed E-state index contributed by atoms with van der Waals surface area (Å²) in [6.45, 7) is 7.96. The Morgan fingerprint density at radius 3 is 2.52 bits per heavy atom. The van der Waals surface area contributed by atoms with Crippen LogP contribution < -0.4 is 5.32 Å². The van der Waals surface area contributed by atoms with Crippen molar-refractivity contribution in [2.75, 3.05) is 33.2 Å². The highest BCUT2D eigenvalue weighted by molar-refractivity contribution is 6.34. The van der Waals surface area contributed by atoms with Gasteiger partial charge in [0.2, 0.25) is 0 Å². The highest BCUT2D eigenvalue weighted by Gasteiger charge is 2.44. The topological polar surface area (TPSA) is 61.9 Å². The summed E-state index contributed by atoms with van der Waals surface area (Å²) in [6, 6.07) is 1.96. The predicted molar refractivity (Wildman–Crippen MR) is 114 cm³/mol. The molecule has 1 N–H and O–H groups in total. The van der Waals surface area contributed by atoms with Crippen molar-refractivity contribution < 1.29 is 23.1 Å². The molecule has 2 amide bonds. The van der Waals surface area contributed by atoms with Crippen molar-refractivity contribution in [3.63, 3.8) is 0 Å². The molecule has 2 saturated heterocycles. The van der Waals surface area contributed by atoms with Crippen LogP contribution in [0.25, 0.3) is 0 Å². The second kappa shape index (κ2) is 9.28. The Morgan fingerprint density at radius 2 is 1.87 bits per heavy atom. The molecule has 2 fully saturated rings. The smallest absolute Gasteiger partial charge is 0.410 e. The van der Waals surface area contributed by atoms with Gasteiger partial charge in [-0.05, 0) is 65.3 Å². The predicted octanol–water partition coefficient (Wildman–Crippen LogP) is 3.93. The number of ether oxygens (including phenoxy) is 1. The van der Waals surface area contributed by atoms with Gasteiger partial charge in [-0.25, -0.2) is 13.6 Å². The van der Waals surface area contributed by atoms with E-state index in [1.165, 1.54) is 0 Å². The number of amides is 2. The summed E-state index contributed by atoms with van der Waals surface area (Å²) in [5.74, 6) is -2.02. The van der Waals surface area contributed by atoms with Crippen LogP contribution in [-0.2, 0) is 4.74 Å². The lowest BCUT2D eigenvalue weighted by Crippen LogP contribution is -2.62. The lowest BCUT2D eigenvalue weighted by Gasteiger charge is -2.50. The molecule has 0 saturated carbocycles. The quantitative estimate of drug-likeness (QED) is 0.696. The third kappa shape index (κ3) is 5.47. The number of benzene rings is 1. The van der Waals surface area contributed by atoms with Crippen LogP contribution in [0, 0.1) is 23.5 Å². The molecule has 1 aromatic carbocycles. The summed E-state index contributed by atoms with van der Waals surface area (Å²) in [5.41, 5.74) is -1.01. The van der Waals surface area contributed by atoms with Crippen LogP contribution in [-0.4, -0.2) is 66.7 Å². The second-order valence-corrected chi connectivity index (χ2v) is 9.83. The number of carbonyl (C=O) groups excluding carboxylic acids is 2. The molecule has 1 aromatic rings. The van der Waals surface area contributed by atoms with Crippen LogP contribution in [0.4, 0.5) is 13.6 Å². The van der Waals surface area contributed by atoms with Gasteiger partial charge in [0.05, 0.1) is 10.6 Å². The van der Waals surface area contributed by atoms with Gasteiger partial charge >= 0.3 is 6.09 Å². The molecule has 3 rings (SSSR count). The summed E-state index contributed by atoms with van der Waals surface area (Å²) < 4.78 is 33.1. The molecule has 0 aromatic heterocycles. The highest BCUT2D eigenvalue weighted by atomic mass is 35.5. The van der Waals surface area contributed by atoms with Gasteiger partial charge < -0.3 is 19.9 Å². The largest absolute Gasteiger partial charge is 0.444 e. The third-order valence-corrected chi connectivity index (χ3v) is 6.29. The monoisotopic (exact) mass is 457 g/mol. The fraction of sp³-hybridized carbons (Fsp3) is 0.636. The summed E-state index contributed by atoms with van der Waals surface area (Å²) in [6.07, 6.45) is 1.56. The summed E-state index contributed by atoms with van der Waals surface area (Å²) in [7, 11) is 2.04. The summed E-state index contributed by atoms with van der Waals surface area (Å²) in [5, 5.41) is 2.22. The van der Waals surface area contributed by atoms with Crippen molar-refractivity contribution in [3.05, 3.63) is 34.4 Å². The number of rotatable bonds is 4. The third-order valence-electron chi connectivity index (χ3n) is 5.92. The Balaban J connectivity index is 1.61. The van der Waals surface area contributed by atoms with Crippen LogP contribution in [0.2, 0.25) is 5.02 Å². The van der Waals surface area contributed by atoms with Crippen LogP contribution in [0.1, 0.15) is 44.0 Å². The van der Waals surface area contributed by atoms with Gasteiger partial charge in [0.25, 0.3) is 5.91 Å². The van der Waals surface area contributed by atoms with Gasteiger partial charge in [-0.2, -0.15) is 0 Å². The molecule has 9 heteroatoms. The van der Waals surface area contributed by atoms with Crippen molar-refractivity contribution in [2.45, 2.75) is 45.3 Å². The van der Waals surface area contributed by atoms with E-state index in [1.807, 2.05) is 27.8 Å².